The van der Waals surface area contributed by atoms with Gasteiger partial charge in [0.25, 0.3) is 0 Å². The average Bonchev–Trinajstić information content (AvgIpc) is 2.75. The van der Waals surface area contributed by atoms with Crippen LogP contribution < -0.4 is 0 Å². The first-order valence-electron chi connectivity index (χ1n) is 11.1. The Kier molecular flexibility index (Phi) is 7.89. The molecule has 0 fully saturated rings. The highest BCUT2D eigenvalue weighted by atomic mass is 32.2. The molecule has 0 saturated carbocycles. The second-order valence-corrected chi connectivity index (χ2v) is 10.7. The molecule has 0 aliphatic rings. The van der Waals surface area contributed by atoms with E-state index in [0.717, 1.165) is 16.7 Å². The van der Waals surface area contributed by atoms with Gasteiger partial charge in [0.05, 0.1) is 11.4 Å². The van der Waals surface area contributed by atoms with E-state index in [2.05, 4.69) is 0 Å². The summed E-state index contributed by atoms with van der Waals surface area (Å²) in [4.78, 5) is 14.7. The molecule has 0 spiro atoms. The predicted molar refractivity (Wildman–Crippen MR) is 132 cm³/mol. The van der Waals surface area contributed by atoms with E-state index in [1.807, 2.05) is 50.2 Å². The van der Waals surface area contributed by atoms with Crippen molar-refractivity contribution in [3.8, 4) is 0 Å². The van der Waals surface area contributed by atoms with Crippen LogP contribution in [0.1, 0.15) is 33.4 Å². The number of halogens is 1. The lowest BCUT2D eigenvalue weighted by Crippen LogP contribution is -2.41. The predicted octanol–water partition coefficient (Wildman–Crippen LogP) is 4.91. The van der Waals surface area contributed by atoms with Crippen LogP contribution in [0.3, 0.4) is 0 Å². The van der Waals surface area contributed by atoms with Gasteiger partial charge in [0.1, 0.15) is 5.82 Å². The Balaban J connectivity index is 1.94. The summed E-state index contributed by atoms with van der Waals surface area (Å²) in [5, 5.41) is 0. The van der Waals surface area contributed by atoms with Crippen molar-refractivity contribution >= 4 is 15.9 Å². The van der Waals surface area contributed by atoms with Crippen LogP contribution in [0.25, 0.3) is 0 Å². The second-order valence-electron chi connectivity index (χ2n) is 8.83. The van der Waals surface area contributed by atoms with E-state index in [4.69, 9.17) is 0 Å². The summed E-state index contributed by atoms with van der Waals surface area (Å²) >= 11 is 0. The summed E-state index contributed by atoms with van der Waals surface area (Å²) in [5.74, 6) is -0.821. The van der Waals surface area contributed by atoms with E-state index in [-0.39, 0.29) is 24.5 Å². The number of carbonyl (C=O) groups excluding carboxylic acids is 1. The number of hydrogen-bond acceptors (Lipinski definition) is 3. The molecule has 7 heteroatoms. The lowest BCUT2D eigenvalue weighted by Gasteiger charge is -2.26. The minimum Gasteiger partial charge on any atom is -0.340 e. The Morgan fingerprint density at radius 3 is 2.03 bits per heavy atom. The molecular weight excluding hydrogens is 451 g/mol. The molecule has 3 rings (SSSR count). The van der Waals surface area contributed by atoms with Gasteiger partial charge in [0.2, 0.25) is 15.9 Å². The van der Waals surface area contributed by atoms with Crippen LogP contribution in [-0.4, -0.2) is 37.1 Å². The van der Waals surface area contributed by atoms with Gasteiger partial charge in [-0.2, -0.15) is 4.31 Å². The molecule has 0 heterocycles. The van der Waals surface area contributed by atoms with E-state index in [1.54, 1.807) is 39.1 Å². The second kappa shape index (κ2) is 10.5. The highest BCUT2D eigenvalue weighted by Crippen LogP contribution is 2.27. The van der Waals surface area contributed by atoms with Gasteiger partial charge in [-0.15, -0.1) is 0 Å². The third-order valence-electron chi connectivity index (χ3n) is 5.78. The Morgan fingerprint density at radius 1 is 0.853 bits per heavy atom. The lowest BCUT2D eigenvalue weighted by molar-refractivity contribution is -0.130. The summed E-state index contributed by atoms with van der Waals surface area (Å²) in [5.41, 5.74) is 4.46. The summed E-state index contributed by atoms with van der Waals surface area (Å²) in [6, 6.07) is 17.4. The largest absolute Gasteiger partial charge is 0.340 e. The fraction of sp³-hybridized carbons (Fsp3) is 0.296. The molecule has 0 bridgehead atoms. The van der Waals surface area contributed by atoms with Gasteiger partial charge in [-0.3, -0.25) is 4.79 Å². The molecule has 0 aromatic heterocycles. The fourth-order valence-corrected chi connectivity index (χ4v) is 5.86. The zero-order valence-corrected chi connectivity index (χ0v) is 21.1. The van der Waals surface area contributed by atoms with Crippen molar-refractivity contribution in [1.29, 1.82) is 0 Å². The van der Waals surface area contributed by atoms with Crippen molar-refractivity contribution in [3.05, 3.63) is 99.9 Å². The molecule has 0 radical (unpaired) electrons. The van der Waals surface area contributed by atoms with Crippen LogP contribution in [0, 0.1) is 33.5 Å². The number of nitrogens with zero attached hydrogens (tertiary/aromatic N) is 2. The van der Waals surface area contributed by atoms with Gasteiger partial charge < -0.3 is 4.90 Å². The normalized spacial score (nSPS) is 11.6. The Labute approximate surface area is 201 Å². The van der Waals surface area contributed by atoms with Crippen LogP contribution in [0.4, 0.5) is 4.39 Å². The van der Waals surface area contributed by atoms with Gasteiger partial charge in [0, 0.05) is 25.7 Å². The van der Waals surface area contributed by atoms with Crippen molar-refractivity contribution in [2.75, 3.05) is 13.6 Å². The average molecular weight is 483 g/mol. The van der Waals surface area contributed by atoms with E-state index in [9.17, 15) is 17.6 Å². The molecule has 0 N–H and O–H groups in total. The van der Waals surface area contributed by atoms with Crippen LogP contribution in [0.5, 0.6) is 0 Å². The van der Waals surface area contributed by atoms with Crippen molar-refractivity contribution in [3.63, 3.8) is 0 Å². The number of aryl methyl sites for hydroxylation is 4. The molecule has 5 nitrogen and oxygen atoms in total. The van der Waals surface area contributed by atoms with Crippen molar-refractivity contribution in [1.82, 2.24) is 9.21 Å². The quantitative estimate of drug-likeness (QED) is 0.458. The van der Waals surface area contributed by atoms with E-state index in [0.29, 0.717) is 16.7 Å². The third kappa shape index (κ3) is 5.90. The molecule has 34 heavy (non-hydrogen) atoms. The summed E-state index contributed by atoms with van der Waals surface area (Å²) in [6.07, 6.45) is 0. The first-order valence-corrected chi connectivity index (χ1v) is 12.5. The maximum Gasteiger partial charge on any atom is 0.244 e. The number of likely N-dealkylation sites (N-methyl/N-ethyl adjacent to an activating group) is 1. The maximum absolute atomic E-state index is 14.1. The molecule has 0 aliphatic heterocycles. The van der Waals surface area contributed by atoms with Gasteiger partial charge in [-0.05, 0) is 50.5 Å². The van der Waals surface area contributed by atoms with Gasteiger partial charge >= 0.3 is 0 Å². The SMILES string of the molecule is Cc1ccc(CN(CC(=O)N(C)Cc2ccccc2F)S(=O)(=O)c2c(C)cc(C)cc2C)cc1. The molecule has 0 atom stereocenters. The monoisotopic (exact) mass is 482 g/mol. The van der Waals surface area contributed by atoms with Crippen LogP contribution in [0.15, 0.2) is 65.6 Å². The third-order valence-corrected chi connectivity index (χ3v) is 7.88. The first-order chi connectivity index (χ1) is 16.0. The highest BCUT2D eigenvalue weighted by Gasteiger charge is 2.31. The molecule has 3 aromatic rings. The Hall–Kier alpha value is -3.03. The number of amides is 1. The van der Waals surface area contributed by atoms with E-state index in [1.165, 1.54) is 15.3 Å². The van der Waals surface area contributed by atoms with Gasteiger partial charge in [-0.25, -0.2) is 12.8 Å². The fourth-order valence-electron chi connectivity index (χ4n) is 4.07. The van der Waals surface area contributed by atoms with Crippen molar-refractivity contribution in [2.24, 2.45) is 0 Å². The highest BCUT2D eigenvalue weighted by molar-refractivity contribution is 7.89. The standard InChI is InChI=1S/C27H31FN2O3S/c1-19-10-12-23(13-11-19)16-30(34(32,33)27-21(3)14-20(2)15-22(27)4)18-26(31)29(5)17-24-8-6-7-9-25(24)28/h6-15H,16-18H2,1-5H3. The van der Waals surface area contributed by atoms with Crippen molar-refractivity contribution in [2.45, 2.75) is 45.7 Å². The van der Waals surface area contributed by atoms with Gasteiger partial charge in [-0.1, -0.05) is 65.7 Å². The van der Waals surface area contributed by atoms with Crippen molar-refractivity contribution < 1.29 is 17.6 Å². The molecule has 180 valence electrons. The zero-order chi connectivity index (χ0) is 25.0. The molecule has 0 aliphatic carbocycles. The zero-order valence-electron chi connectivity index (χ0n) is 20.3. The number of carbonyl (C=O) groups is 1. The summed E-state index contributed by atoms with van der Waals surface area (Å²) in [6.45, 7) is 7.15. The summed E-state index contributed by atoms with van der Waals surface area (Å²) < 4.78 is 42.9. The van der Waals surface area contributed by atoms with Crippen LogP contribution >= 0.6 is 0 Å². The minimum atomic E-state index is -3.99. The lowest BCUT2D eigenvalue weighted by atomic mass is 10.1. The number of sulfonamides is 1. The Bertz CT molecular complexity index is 1260. The molecule has 1 amide bonds. The van der Waals surface area contributed by atoms with Crippen LogP contribution in [-0.2, 0) is 27.9 Å². The molecule has 0 unspecified atom stereocenters. The van der Waals surface area contributed by atoms with Crippen LogP contribution in [0.2, 0.25) is 0 Å². The van der Waals surface area contributed by atoms with E-state index < -0.39 is 21.7 Å². The summed E-state index contributed by atoms with van der Waals surface area (Å²) in [7, 11) is -2.44. The number of benzene rings is 3. The topological polar surface area (TPSA) is 57.7 Å². The smallest absolute Gasteiger partial charge is 0.244 e. The Morgan fingerprint density at radius 2 is 1.44 bits per heavy atom. The minimum absolute atomic E-state index is 0.0481. The van der Waals surface area contributed by atoms with Gasteiger partial charge in [0.15, 0.2) is 0 Å². The number of hydrogen-bond donors (Lipinski definition) is 0. The maximum atomic E-state index is 14.1. The first kappa shape index (κ1) is 25.6. The molecule has 0 saturated heterocycles. The molecular formula is C27H31FN2O3S. The molecule has 3 aromatic carbocycles. The van der Waals surface area contributed by atoms with E-state index >= 15 is 0 Å². The number of rotatable bonds is 8.